The molecule has 0 atom stereocenters. The van der Waals surface area contributed by atoms with E-state index in [2.05, 4.69) is 6.58 Å². The fourth-order valence-electron chi connectivity index (χ4n) is 1.12. The van der Waals surface area contributed by atoms with Gasteiger partial charge in [-0.15, -0.1) is 0 Å². The van der Waals surface area contributed by atoms with Gasteiger partial charge < -0.3 is 9.47 Å². The van der Waals surface area contributed by atoms with Crippen LogP contribution >= 0.6 is 0 Å². The number of rotatable bonds is 3. The van der Waals surface area contributed by atoms with Gasteiger partial charge in [0.25, 0.3) is 0 Å². The van der Waals surface area contributed by atoms with Crippen molar-refractivity contribution in [2.75, 3.05) is 19.8 Å². The van der Waals surface area contributed by atoms with Crippen molar-refractivity contribution in [2.45, 2.75) is 12.8 Å². The highest BCUT2D eigenvalue weighted by Crippen LogP contribution is 2.14. The van der Waals surface area contributed by atoms with Gasteiger partial charge in [0, 0.05) is 13.2 Å². The molecule has 0 aromatic heterocycles. The van der Waals surface area contributed by atoms with Crippen LogP contribution in [0.4, 0.5) is 0 Å². The first-order chi connectivity index (χ1) is 4.93. The van der Waals surface area contributed by atoms with Crippen molar-refractivity contribution in [1.29, 1.82) is 0 Å². The molecule has 0 N–H and O–H groups in total. The summed E-state index contributed by atoms with van der Waals surface area (Å²) in [6, 6.07) is 0. The second-order valence-corrected chi connectivity index (χ2v) is 2.56. The van der Waals surface area contributed by atoms with Crippen LogP contribution in [-0.4, -0.2) is 19.8 Å². The molecule has 2 nitrogen and oxygen atoms in total. The Kier molecular flexibility index (Phi) is 3.30. The summed E-state index contributed by atoms with van der Waals surface area (Å²) in [7, 11) is 0. The Balaban J connectivity index is 2.07. The molecule has 0 saturated carbocycles. The maximum atomic E-state index is 5.20. The van der Waals surface area contributed by atoms with Gasteiger partial charge in [-0.2, -0.15) is 0 Å². The second-order valence-electron chi connectivity index (χ2n) is 2.56. The van der Waals surface area contributed by atoms with Gasteiger partial charge in [0.05, 0.1) is 12.9 Å². The smallest absolute Gasteiger partial charge is 0.0902 e. The van der Waals surface area contributed by atoms with Crippen LogP contribution in [0.2, 0.25) is 0 Å². The molecule has 58 valence electrons. The predicted molar refractivity (Wildman–Crippen MR) is 39.7 cm³/mol. The van der Waals surface area contributed by atoms with Gasteiger partial charge in [0.1, 0.15) is 0 Å². The van der Waals surface area contributed by atoms with Gasteiger partial charge in [-0.3, -0.25) is 0 Å². The first-order valence-corrected chi connectivity index (χ1v) is 3.73. The molecule has 10 heavy (non-hydrogen) atoms. The summed E-state index contributed by atoms with van der Waals surface area (Å²) in [5, 5.41) is 0. The average molecular weight is 142 g/mol. The Bertz CT molecular complexity index is 95.4. The minimum Gasteiger partial charge on any atom is -0.502 e. The Morgan fingerprint density at radius 2 is 2.20 bits per heavy atom. The van der Waals surface area contributed by atoms with E-state index in [4.69, 9.17) is 9.47 Å². The van der Waals surface area contributed by atoms with Gasteiger partial charge in [-0.1, -0.05) is 6.58 Å². The van der Waals surface area contributed by atoms with Crippen LogP contribution in [-0.2, 0) is 9.47 Å². The van der Waals surface area contributed by atoms with E-state index in [0.29, 0.717) is 5.92 Å². The van der Waals surface area contributed by atoms with Crippen molar-refractivity contribution in [3.63, 3.8) is 0 Å². The van der Waals surface area contributed by atoms with Gasteiger partial charge in [0.15, 0.2) is 0 Å². The monoisotopic (exact) mass is 142 g/mol. The van der Waals surface area contributed by atoms with Gasteiger partial charge >= 0.3 is 0 Å². The molecule has 0 amide bonds. The molecule has 0 unspecified atom stereocenters. The first-order valence-electron chi connectivity index (χ1n) is 3.73. The van der Waals surface area contributed by atoms with Crippen LogP contribution in [0.1, 0.15) is 12.8 Å². The molecule has 0 aliphatic carbocycles. The summed E-state index contributed by atoms with van der Waals surface area (Å²) in [5.41, 5.74) is 0. The minimum atomic E-state index is 0.687. The SMILES string of the molecule is C=COCC1CCOCC1. The lowest BCUT2D eigenvalue weighted by Gasteiger charge is -2.20. The highest BCUT2D eigenvalue weighted by Gasteiger charge is 2.12. The number of hydrogen-bond acceptors (Lipinski definition) is 2. The Morgan fingerprint density at radius 3 is 2.80 bits per heavy atom. The Labute approximate surface area is 61.8 Å². The van der Waals surface area contributed by atoms with Crippen LogP contribution in [0.15, 0.2) is 12.8 Å². The summed E-state index contributed by atoms with van der Waals surface area (Å²) in [4.78, 5) is 0. The molecule has 1 saturated heterocycles. The summed E-state index contributed by atoms with van der Waals surface area (Å²) in [6.45, 7) is 6.09. The third-order valence-corrected chi connectivity index (χ3v) is 1.79. The lowest BCUT2D eigenvalue weighted by Crippen LogP contribution is -2.19. The van der Waals surface area contributed by atoms with E-state index in [0.717, 1.165) is 32.7 Å². The van der Waals surface area contributed by atoms with Crippen molar-refractivity contribution in [3.8, 4) is 0 Å². The lowest BCUT2D eigenvalue weighted by atomic mass is 10.0. The summed E-state index contributed by atoms with van der Waals surface area (Å²) >= 11 is 0. The van der Waals surface area contributed by atoms with Crippen LogP contribution in [0.25, 0.3) is 0 Å². The zero-order chi connectivity index (χ0) is 7.23. The molecule has 1 fully saturated rings. The van der Waals surface area contributed by atoms with Crippen LogP contribution < -0.4 is 0 Å². The number of hydrogen-bond donors (Lipinski definition) is 0. The molecule has 2 heteroatoms. The molecule has 0 aromatic rings. The second kappa shape index (κ2) is 4.34. The van der Waals surface area contributed by atoms with Gasteiger partial charge in [0.2, 0.25) is 0 Å². The number of ether oxygens (including phenoxy) is 2. The fourth-order valence-corrected chi connectivity index (χ4v) is 1.12. The van der Waals surface area contributed by atoms with Crippen molar-refractivity contribution < 1.29 is 9.47 Å². The zero-order valence-electron chi connectivity index (χ0n) is 6.21. The van der Waals surface area contributed by atoms with Crippen molar-refractivity contribution in [1.82, 2.24) is 0 Å². The molecule has 0 radical (unpaired) electrons. The van der Waals surface area contributed by atoms with E-state index in [1.54, 1.807) is 0 Å². The first kappa shape index (κ1) is 7.61. The van der Waals surface area contributed by atoms with Crippen molar-refractivity contribution in [2.24, 2.45) is 5.92 Å². The molecule has 1 heterocycles. The molecular formula is C8H14O2. The van der Waals surface area contributed by atoms with E-state index in [1.807, 2.05) is 0 Å². The van der Waals surface area contributed by atoms with Crippen molar-refractivity contribution >= 4 is 0 Å². The zero-order valence-corrected chi connectivity index (χ0v) is 6.21. The van der Waals surface area contributed by atoms with Crippen LogP contribution in [0.3, 0.4) is 0 Å². The third kappa shape index (κ3) is 2.40. The molecular weight excluding hydrogens is 128 g/mol. The maximum Gasteiger partial charge on any atom is 0.0902 e. The van der Waals surface area contributed by atoms with Gasteiger partial charge in [-0.05, 0) is 18.8 Å². The standard InChI is InChI=1S/C8H14O2/c1-2-9-7-8-3-5-10-6-4-8/h2,8H,1,3-7H2. The molecule has 0 bridgehead atoms. The predicted octanol–water partition coefficient (Wildman–Crippen LogP) is 1.57. The minimum absolute atomic E-state index is 0.687. The Morgan fingerprint density at radius 1 is 1.50 bits per heavy atom. The lowest BCUT2D eigenvalue weighted by molar-refractivity contribution is 0.0421. The fraction of sp³-hybridized carbons (Fsp3) is 0.750. The van der Waals surface area contributed by atoms with E-state index < -0.39 is 0 Å². The largest absolute Gasteiger partial charge is 0.502 e. The third-order valence-electron chi connectivity index (χ3n) is 1.79. The highest BCUT2D eigenvalue weighted by molar-refractivity contribution is 4.63. The van der Waals surface area contributed by atoms with Gasteiger partial charge in [-0.25, -0.2) is 0 Å². The summed E-state index contributed by atoms with van der Waals surface area (Å²) in [5.74, 6) is 0.687. The summed E-state index contributed by atoms with van der Waals surface area (Å²) in [6.07, 6.45) is 3.77. The average Bonchev–Trinajstić information content (AvgIpc) is 2.03. The Hall–Kier alpha value is -0.500. The van der Waals surface area contributed by atoms with E-state index in [-0.39, 0.29) is 0 Å². The van der Waals surface area contributed by atoms with E-state index >= 15 is 0 Å². The highest BCUT2D eigenvalue weighted by atomic mass is 16.5. The molecule has 0 aromatic carbocycles. The summed E-state index contributed by atoms with van der Waals surface area (Å²) < 4.78 is 10.3. The molecule has 0 spiro atoms. The van der Waals surface area contributed by atoms with Crippen molar-refractivity contribution in [3.05, 3.63) is 12.8 Å². The molecule has 1 aliphatic heterocycles. The normalized spacial score (nSPS) is 20.4. The molecule has 1 rings (SSSR count). The van der Waals surface area contributed by atoms with Crippen LogP contribution in [0.5, 0.6) is 0 Å². The van der Waals surface area contributed by atoms with E-state index in [1.165, 1.54) is 6.26 Å². The molecule has 1 aliphatic rings. The van der Waals surface area contributed by atoms with Crippen LogP contribution in [0, 0.1) is 5.92 Å². The quantitative estimate of drug-likeness (QED) is 0.557. The maximum absolute atomic E-state index is 5.20. The topological polar surface area (TPSA) is 18.5 Å². The van der Waals surface area contributed by atoms with E-state index in [9.17, 15) is 0 Å².